The van der Waals surface area contributed by atoms with Crippen LogP contribution in [0.1, 0.15) is 11.1 Å². The van der Waals surface area contributed by atoms with Crippen molar-refractivity contribution in [2.75, 3.05) is 17.7 Å². The predicted octanol–water partition coefficient (Wildman–Crippen LogP) is 5.43. The van der Waals surface area contributed by atoms with Crippen molar-refractivity contribution in [2.24, 2.45) is 10.2 Å². The molecule has 6 rings (SSSR count). The molecular weight excluding hydrogens is 502 g/mol. The van der Waals surface area contributed by atoms with Crippen LogP contribution in [0, 0.1) is 18.3 Å². The van der Waals surface area contributed by atoms with Gasteiger partial charge in [-0.25, -0.2) is 14.8 Å². The third kappa shape index (κ3) is 4.14. The maximum atomic E-state index is 11.6. The van der Waals surface area contributed by atoms with E-state index >= 15 is 0 Å². The summed E-state index contributed by atoms with van der Waals surface area (Å²) in [5.41, 5.74) is 4.35. The van der Waals surface area contributed by atoms with Gasteiger partial charge in [0.15, 0.2) is 11.6 Å². The average Bonchev–Trinajstić information content (AvgIpc) is 3.62. The fourth-order valence-corrected chi connectivity index (χ4v) is 4.92. The van der Waals surface area contributed by atoms with Gasteiger partial charge >= 0.3 is 5.69 Å². The molecule has 186 valence electrons. The highest BCUT2D eigenvalue weighted by Crippen LogP contribution is 2.34. The number of para-hydroxylation sites is 1. The monoisotopic (exact) mass is 521 g/mol. The number of nitriles is 1. The van der Waals surface area contributed by atoms with Crippen LogP contribution in [0.5, 0.6) is 0 Å². The number of aryl methyl sites for hydroxylation is 1. The van der Waals surface area contributed by atoms with E-state index in [9.17, 15) is 10.1 Å². The molecule has 4 heterocycles. The van der Waals surface area contributed by atoms with Crippen LogP contribution in [0.15, 0.2) is 69.8 Å². The molecule has 13 heteroatoms. The molecule has 0 fully saturated rings. The molecule has 0 unspecified atom stereocenters. The van der Waals surface area contributed by atoms with E-state index in [2.05, 4.69) is 52.0 Å². The summed E-state index contributed by atoms with van der Waals surface area (Å²) in [6.07, 6.45) is 1.45. The number of nitrogens with one attached hydrogen (secondary N) is 4. The summed E-state index contributed by atoms with van der Waals surface area (Å²) in [5.74, 6) is 1.36. The number of imidazole rings is 1. The zero-order valence-corrected chi connectivity index (χ0v) is 21.0. The van der Waals surface area contributed by atoms with Gasteiger partial charge in [-0.3, -0.25) is 0 Å². The Kier molecular flexibility index (Phi) is 5.63. The second-order valence-corrected chi connectivity index (χ2v) is 9.31. The van der Waals surface area contributed by atoms with E-state index in [0.717, 1.165) is 27.0 Å². The topological polar surface area (TPSA) is 165 Å². The minimum atomic E-state index is -0.262. The molecule has 12 nitrogen and oxygen atoms in total. The molecule has 6 aromatic rings. The lowest BCUT2D eigenvalue weighted by molar-refractivity contribution is 0.863. The first-order valence-electron chi connectivity index (χ1n) is 11.5. The smallest absolute Gasteiger partial charge is 0.323 e. The number of aromatic nitrogens is 6. The van der Waals surface area contributed by atoms with Crippen LogP contribution < -0.4 is 16.3 Å². The first kappa shape index (κ1) is 23.1. The fourth-order valence-electron chi connectivity index (χ4n) is 3.99. The highest BCUT2D eigenvalue weighted by Gasteiger charge is 2.17. The van der Waals surface area contributed by atoms with Gasteiger partial charge in [-0.15, -0.1) is 10.2 Å². The van der Waals surface area contributed by atoms with Gasteiger partial charge in [0.25, 0.3) is 0 Å². The molecule has 38 heavy (non-hydrogen) atoms. The maximum absolute atomic E-state index is 11.6. The standard InChI is InChI=1S/C25H19N11OS/c1-13-9-20(29-15-7-8-16-18(10-15)31-24(37)30-16)33-22(27-2)21(13)34-35-23-14(11-26)12-28-36(23)25-32-17-5-3-4-6-19(17)38-25/h3-10,12H,1-2H3,(H2,27,29,33)(H2,30,31,37)/b35-34+. The number of benzene rings is 2. The van der Waals surface area contributed by atoms with Crippen LogP contribution in [0.4, 0.5) is 28.8 Å². The zero-order chi connectivity index (χ0) is 26.2. The first-order chi connectivity index (χ1) is 18.5. The number of anilines is 3. The second kappa shape index (κ2) is 9.26. The Morgan fingerprint density at radius 3 is 2.74 bits per heavy atom. The minimum Gasteiger partial charge on any atom is -0.371 e. The van der Waals surface area contributed by atoms with Crippen molar-refractivity contribution in [1.29, 1.82) is 5.26 Å². The van der Waals surface area contributed by atoms with Crippen LogP contribution >= 0.6 is 11.3 Å². The Balaban J connectivity index is 1.34. The van der Waals surface area contributed by atoms with Gasteiger partial charge in [-0.05, 0) is 48.9 Å². The third-order valence-corrected chi connectivity index (χ3v) is 6.79. The summed E-state index contributed by atoms with van der Waals surface area (Å²) in [7, 11) is 1.74. The van der Waals surface area contributed by atoms with Gasteiger partial charge in [0.1, 0.15) is 23.1 Å². The molecule has 0 amide bonds. The molecule has 0 aliphatic carbocycles. The molecule has 0 atom stereocenters. The molecule has 0 saturated carbocycles. The van der Waals surface area contributed by atoms with E-state index in [1.165, 1.54) is 22.2 Å². The van der Waals surface area contributed by atoms with Crippen LogP contribution in [0.2, 0.25) is 0 Å². The van der Waals surface area contributed by atoms with Crippen LogP contribution in [0.3, 0.4) is 0 Å². The lowest BCUT2D eigenvalue weighted by atomic mass is 10.2. The van der Waals surface area contributed by atoms with E-state index in [0.29, 0.717) is 28.0 Å². The van der Waals surface area contributed by atoms with E-state index in [4.69, 9.17) is 0 Å². The maximum Gasteiger partial charge on any atom is 0.323 e. The lowest BCUT2D eigenvalue weighted by Crippen LogP contribution is -2.00. The Morgan fingerprint density at radius 2 is 1.92 bits per heavy atom. The zero-order valence-electron chi connectivity index (χ0n) is 20.1. The normalized spacial score (nSPS) is 11.4. The highest BCUT2D eigenvalue weighted by atomic mass is 32.1. The van der Waals surface area contributed by atoms with Crippen LogP contribution in [-0.4, -0.2) is 36.8 Å². The van der Waals surface area contributed by atoms with Crippen molar-refractivity contribution in [3.8, 4) is 11.2 Å². The SMILES string of the molecule is CNc1nc(Nc2ccc3[nH]c(=O)[nH]c3c2)cc(C)c1/N=N/c1c(C#N)cnn1-c1nc2ccccc2s1. The summed E-state index contributed by atoms with van der Waals surface area (Å²) >= 11 is 1.45. The second-order valence-electron chi connectivity index (χ2n) is 8.31. The highest BCUT2D eigenvalue weighted by molar-refractivity contribution is 7.20. The molecule has 0 aliphatic rings. The number of aromatic amines is 2. The van der Waals surface area contributed by atoms with Crippen LogP contribution in [-0.2, 0) is 0 Å². The Bertz CT molecular complexity index is 1920. The number of rotatable bonds is 6. The number of hydrogen-bond donors (Lipinski definition) is 4. The van der Waals surface area contributed by atoms with E-state index in [1.54, 1.807) is 7.05 Å². The molecule has 2 aromatic carbocycles. The number of azo groups is 1. The van der Waals surface area contributed by atoms with Gasteiger partial charge in [0.2, 0.25) is 5.13 Å². The molecule has 0 saturated heterocycles. The molecule has 4 aromatic heterocycles. The summed E-state index contributed by atoms with van der Waals surface area (Å²) in [6.45, 7) is 1.89. The molecule has 0 spiro atoms. The van der Waals surface area contributed by atoms with Gasteiger partial charge in [-0.1, -0.05) is 23.5 Å². The molecule has 4 N–H and O–H groups in total. The van der Waals surface area contributed by atoms with E-state index in [-0.39, 0.29) is 17.1 Å². The lowest BCUT2D eigenvalue weighted by Gasteiger charge is -2.12. The van der Waals surface area contributed by atoms with Gasteiger partial charge in [-0.2, -0.15) is 15.0 Å². The van der Waals surface area contributed by atoms with Crippen molar-refractivity contribution in [1.82, 2.24) is 29.7 Å². The van der Waals surface area contributed by atoms with Crippen molar-refractivity contribution >= 4 is 61.4 Å². The van der Waals surface area contributed by atoms with Gasteiger partial charge in [0.05, 0.1) is 27.4 Å². The fraction of sp³-hybridized carbons (Fsp3) is 0.0800. The summed E-state index contributed by atoms with van der Waals surface area (Å²) < 4.78 is 2.52. The van der Waals surface area contributed by atoms with Gasteiger partial charge in [0, 0.05) is 12.7 Å². The summed E-state index contributed by atoms with van der Waals surface area (Å²) in [5, 5.41) is 29.7. The van der Waals surface area contributed by atoms with Crippen molar-refractivity contribution in [3.05, 3.63) is 76.3 Å². The minimum absolute atomic E-state index is 0.262. The van der Waals surface area contributed by atoms with E-state index < -0.39 is 0 Å². The Morgan fingerprint density at radius 1 is 1.08 bits per heavy atom. The number of hydrogen-bond acceptors (Lipinski definition) is 10. The first-order valence-corrected chi connectivity index (χ1v) is 12.3. The Labute approximate surface area is 218 Å². The number of H-pyrrole nitrogens is 2. The molecule has 0 bridgehead atoms. The summed E-state index contributed by atoms with van der Waals surface area (Å²) in [6, 6.07) is 17.2. The largest absolute Gasteiger partial charge is 0.371 e. The molecular formula is C25H19N11OS. The number of thiazole rings is 1. The predicted molar refractivity (Wildman–Crippen MR) is 146 cm³/mol. The van der Waals surface area contributed by atoms with Crippen LogP contribution in [0.25, 0.3) is 26.4 Å². The number of fused-ring (bicyclic) bond motifs is 2. The van der Waals surface area contributed by atoms with Crippen molar-refractivity contribution in [2.45, 2.75) is 6.92 Å². The van der Waals surface area contributed by atoms with Crippen molar-refractivity contribution < 1.29 is 0 Å². The molecule has 0 radical (unpaired) electrons. The number of nitrogens with zero attached hydrogens (tertiary/aromatic N) is 7. The Hall–Kier alpha value is -5.35. The number of pyridine rings is 1. The quantitative estimate of drug-likeness (QED) is 0.212. The summed E-state index contributed by atoms with van der Waals surface area (Å²) in [4.78, 5) is 26.3. The van der Waals surface area contributed by atoms with Crippen molar-refractivity contribution in [3.63, 3.8) is 0 Å². The third-order valence-electron chi connectivity index (χ3n) is 5.78. The average molecular weight is 522 g/mol. The van der Waals surface area contributed by atoms with Gasteiger partial charge < -0.3 is 20.6 Å². The van der Waals surface area contributed by atoms with E-state index in [1.807, 2.05) is 55.5 Å². The molecule has 0 aliphatic heterocycles.